The van der Waals surface area contributed by atoms with Crippen LogP contribution in [0.15, 0.2) is 24.3 Å². The lowest BCUT2D eigenvalue weighted by Gasteiger charge is -2.32. The number of hydrogen-bond acceptors (Lipinski definition) is 1. The third-order valence-corrected chi connectivity index (χ3v) is 4.64. The largest absolute Gasteiger partial charge is 0.339 e. The highest BCUT2D eigenvalue weighted by Gasteiger charge is 2.23. The maximum Gasteiger partial charge on any atom is 0.254 e. The summed E-state index contributed by atoms with van der Waals surface area (Å²) in [7, 11) is 0. The van der Waals surface area contributed by atoms with E-state index in [9.17, 15) is 4.79 Å². The van der Waals surface area contributed by atoms with Crippen LogP contribution in [0.25, 0.3) is 0 Å². The van der Waals surface area contributed by atoms with Crippen molar-refractivity contribution < 1.29 is 4.79 Å². The van der Waals surface area contributed by atoms with Crippen LogP contribution in [0.1, 0.15) is 43.0 Å². The minimum atomic E-state index is 0.204. The molecule has 18 heavy (non-hydrogen) atoms. The molecule has 0 saturated carbocycles. The SMILES string of the molecule is CCCC1CCN(C(=O)c2ccccc2I)CC1. The first-order valence-corrected chi connectivity index (χ1v) is 7.84. The molecule has 0 N–H and O–H groups in total. The van der Waals surface area contributed by atoms with Gasteiger partial charge in [-0.05, 0) is 53.5 Å². The highest BCUT2D eigenvalue weighted by atomic mass is 127. The molecule has 0 spiro atoms. The van der Waals surface area contributed by atoms with E-state index in [1.807, 2.05) is 29.2 Å². The maximum atomic E-state index is 12.4. The van der Waals surface area contributed by atoms with Crippen LogP contribution < -0.4 is 0 Å². The molecule has 2 nitrogen and oxygen atoms in total. The fraction of sp³-hybridized carbons (Fsp3) is 0.533. The lowest BCUT2D eigenvalue weighted by molar-refractivity contribution is 0.0685. The van der Waals surface area contributed by atoms with Crippen molar-refractivity contribution in [2.75, 3.05) is 13.1 Å². The third-order valence-electron chi connectivity index (χ3n) is 3.70. The topological polar surface area (TPSA) is 20.3 Å². The number of benzene rings is 1. The molecular formula is C15H20INO. The predicted octanol–water partition coefficient (Wildman–Crippen LogP) is 3.94. The van der Waals surface area contributed by atoms with Gasteiger partial charge in [-0.1, -0.05) is 31.9 Å². The van der Waals surface area contributed by atoms with Crippen molar-refractivity contribution in [2.45, 2.75) is 32.6 Å². The summed E-state index contributed by atoms with van der Waals surface area (Å²) in [5, 5.41) is 0. The summed E-state index contributed by atoms with van der Waals surface area (Å²) < 4.78 is 1.05. The van der Waals surface area contributed by atoms with Gasteiger partial charge >= 0.3 is 0 Å². The molecular weight excluding hydrogens is 337 g/mol. The second-order valence-corrected chi connectivity index (χ2v) is 6.17. The summed E-state index contributed by atoms with van der Waals surface area (Å²) in [6.07, 6.45) is 4.91. The molecule has 1 saturated heterocycles. The zero-order valence-corrected chi connectivity index (χ0v) is 13.0. The van der Waals surface area contributed by atoms with Gasteiger partial charge in [0.15, 0.2) is 0 Å². The second-order valence-electron chi connectivity index (χ2n) is 5.00. The Kier molecular flexibility index (Phi) is 5.03. The third kappa shape index (κ3) is 3.25. The number of nitrogens with zero attached hydrogens (tertiary/aromatic N) is 1. The van der Waals surface area contributed by atoms with Crippen LogP contribution in [-0.4, -0.2) is 23.9 Å². The summed E-state index contributed by atoms with van der Waals surface area (Å²) in [5.41, 5.74) is 0.854. The molecule has 0 aromatic heterocycles. The Hall–Kier alpha value is -0.580. The Morgan fingerprint density at radius 1 is 1.33 bits per heavy atom. The molecule has 0 aliphatic carbocycles. The van der Waals surface area contributed by atoms with Crippen LogP contribution in [0.4, 0.5) is 0 Å². The first-order valence-electron chi connectivity index (χ1n) is 6.76. The molecule has 2 rings (SSSR count). The molecule has 3 heteroatoms. The van der Waals surface area contributed by atoms with Gasteiger partial charge in [-0.25, -0.2) is 0 Å². The average Bonchev–Trinajstić information content (AvgIpc) is 2.40. The van der Waals surface area contributed by atoms with Crippen LogP contribution in [0.3, 0.4) is 0 Å². The van der Waals surface area contributed by atoms with Gasteiger partial charge in [-0.15, -0.1) is 0 Å². The van der Waals surface area contributed by atoms with Crippen molar-refractivity contribution in [3.8, 4) is 0 Å². The van der Waals surface area contributed by atoms with E-state index in [-0.39, 0.29) is 5.91 Å². The van der Waals surface area contributed by atoms with Crippen LogP contribution in [0.5, 0.6) is 0 Å². The summed E-state index contributed by atoms with van der Waals surface area (Å²) in [6.45, 7) is 4.09. The van der Waals surface area contributed by atoms with Gasteiger partial charge in [0.1, 0.15) is 0 Å². The minimum absolute atomic E-state index is 0.204. The molecule has 0 bridgehead atoms. The van der Waals surface area contributed by atoms with Gasteiger partial charge in [0.2, 0.25) is 0 Å². The standard InChI is InChI=1S/C15H20INO/c1-2-5-12-8-10-17(11-9-12)15(18)13-6-3-4-7-14(13)16/h3-4,6-7,12H,2,5,8-11H2,1H3. The number of rotatable bonds is 3. The number of amides is 1. The van der Waals surface area contributed by atoms with E-state index >= 15 is 0 Å². The predicted molar refractivity (Wildman–Crippen MR) is 82.7 cm³/mol. The van der Waals surface area contributed by atoms with E-state index < -0.39 is 0 Å². The Morgan fingerprint density at radius 2 is 2.00 bits per heavy atom. The normalized spacial score (nSPS) is 16.9. The summed E-state index contributed by atoms with van der Waals surface area (Å²) in [5.74, 6) is 1.03. The van der Waals surface area contributed by atoms with Gasteiger partial charge in [0.25, 0.3) is 5.91 Å². The smallest absolute Gasteiger partial charge is 0.254 e. The number of carbonyl (C=O) groups is 1. The summed E-state index contributed by atoms with van der Waals surface area (Å²) >= 11 is 2.24. The lowest BCUT2D eigenvalue weighted by atomic mass is 9.92. The molecule has 1 amide bonds. The Labute approximate surface area is 123 Å². The zero-order valence-electron chi connectivity index (χ0n) is 10.9. The van der Waals surface area contributed by atoms with Gasteiger partial charge < -0.3 is 4.90 Å². The van der Waals surface area contributed by atoms with Crippen molar-refractivity contribution in [3.63, 3.8) is 0 Å². The highest BCUT2D eigenvalue weighted by molar-refractivity contribution is 14.1. The van der Waals surface area contributed by atoms with Crippen molar-refractivity contribution >= 4 is 28.5 Å². The summed E-state index contributed by atoms with van der Waals surface area (Å²) in [4.78, 5) is 14.4. The van der Waals surface area contributed by atoms with Crippen LogP contribution in [-0.2, 0) is 0 Å². The fourth-order valence-electron chi connectivity index (χ4n) is 2.64. The number of hydrogen-bond donors (Lipinski definition) is 0. The quantitative estimate of drug-likeness (QED) is 0.751. The van der Waals surface area contributed by atoms with E-state index in [2.05, 4.69) is 29.5 Å². The van der Waals surface area contributed by atoms with Gasteiger partial charge in [0, 0.05) is 16.7 Å². The van der Waals surface area contributed by atoms with Gasteiger partial charge in [0.05, 0.1) is 5.56 Å². The van der Waals surface area contributed by atoms with E-state index in [0.717, 1.165) is 28.1 Å². The van der Waals surface area contributed by atoms with Gasteiger partial charge in [-0.3, -0.25) is 4.79 Å². The first-order chi connectivity index (χ1) is 8.72. The van der Waals surface area contributed by atoms with Crippen molar-refractivity contribution in [3.05, 3.63) is 33.4 Å². The number of piperidine rings is 1. The molecule has 0 radical (unpaired) electrons. The molecule has 1 fully saturated rings. The Bertz CT molecular complexity index is 411. The molecule has 1 aliphatic rings. The van der Waals surface area contributed by atoms with Crippen LogP contribution >= 0.6 is 22.6 Å². The van der Waals surface area contributed by atoms with Crippen molar-refractivity contribution in [1.82, 2.24) is 4.90 Å². The van der Waals surface area contributed by atoms with E-state index in [1.54, 1.807) is 0 Å². The lowest BCUT2D eigenvalue weighted by Crippen LogP contribution is -2.38. The monoisotopic (exact) mass is 357 g/mol. The van der Waals surface area contributed by atoms with E-state index in [1.165, 1.54) is 25.7 Å². The Morgan fingerprint density at radius 3 is 2.61 bits per heavy atom. The van der Waals surface area contributed by atoms with E-state index in [0.29, 0.717) is 0 Å². The second kappa shape index (κ2) is 6.55. The molecule has 0 unspecified atom stereocenters. The maximum absolute atomic E-state index is 12.4. The number of halogens is 1. The van der Waals surface area contributed by atoms with Crippen LogP contribution in [0.2, 0.25) is 0 Å². The van der Waals surface area contributed by atoms with Crippen molar-refractivity contribution in [2.24, 2.45) is 5.92 Å². The minimum Gasteiger partial charge on any atom is -0.339 e. The first kappa shape index (κ1) is 13.8. The molecule has 0 atom stereocenters. The molecule has 1 heterocycles. The number of carbonyl (C=O) groups excluding carboxylic acids is 1. The van der Waals surface area contributed by atoms with Gasteiger partial charge in [-0.2, -0.15) is 0 Å². The average molecular weight is 357 g/mol. The zero-order chi connectivity index (χ0) is 13.0. The van der Waals surface area contributed by atoms with E-state index in [4.69, 9.17) is 0 Å². The highest BCUT2D eigenvalue weighted by Crippen LogP contribution is 2.23. The molecule has 1 aromatic rings. The Balaban J connectivity index is 1.98. The van der Waals surface area contributed by atoms with Crippen LogP contribution in [0, 0.1) is 9.49 Å². The molecule has 98 valence electrons. The summed E-state index contributed by atoms with van der Waals surface area (Å²) in [6, 6.07) is 7.85. The fourth-order valence-corrected chi connectivity index (χ4v) is 3.26. The molecule has 1 aliphatic heterocycles. The molecule has 1 aromatic carbocycles. The number of likely N-dealkylation sites (tertiary alicyclic amines) is 1. The van der Waals surface area contributed by atoms with Crippen molar-refractivity contribution in [1.29, 1.82) is 0 Å².